The van der Waals surface area contributed by atoms with Crippen LogP contribution in [0.15, 0.2) is 61.6 Å². The number of ether oxygens (including phenoxy) is 1. The van der Waals surface area contributed by atoms with Crippen molar-refractivity contribution in [3.63, 3.8) is 0 Å². The Kier molecular flexibility index (Phi) is 5.92. The molecule has 0 saturated heterocycles. The standard InChI is InChI=1S/C23H23N7O4/c1-4-9-34-23(33)26-15-5-6-17-14(10-15)7-8-30(17)22(32)18-11-16(12-28(18)2)25-21(31)20-27-19(24)13-29(20)3/h4-8,10-13H,1,9,24H2,2-3H3,(H,25,31)(H,26,33). The van der Waals surface area contributed by atoms with E-state index in [1.807, 2.05) is 0 Å². The Bertz CT molecular complexity index is 1430. The molecule has 0 aliphatic carbocycles. The Morgan fingerprint density at radius 3 is 2.59 bits per heavy atom. The Morgan fingerprint density at radius 1 is 1.09 bits per heavy atom. The Balaban J connectivity index is 1.53. The number of aryl methyl sites for hydroxylation is 2. The van der Waals surface area contributed by atoms with Crippen molar-refractivity contribution in [3.05, 3.63) is 73.1 Å². The highest BCUT2D eigenvalue weighted by atomic mass is 16.5. The molecule has 3 aromatic heterocycles. The van der Waals surface area contributed by atoms with Gasteiger partial charge in [0, 0.05) is 43.8 Å². The molecule has 4 aromatic rings. The zero-order valence-corrected chi connectivity index (χ0v) is 18.6. The monoisotopic (exact) mass is 461 g/mol. The van der Waals surface area contributed by atoms with Crippen LogP contribution in [0, 0.1) is 0 Å². The number of carbonyl (C=O) groups is 3. The number of imidazole rings is 1. The summed E-state index contributed by atoms with van der Waals surface area (Å²) < 4.78 is 9.56. The van der Waals surface area contributed by atoms with E-state index in [0.717, 1.165) is 5.39 Å². The first-order valence-corrected chi connectivity index (χ1v) is 10.2. The van der Waals surface area contributed by atoms with Crippen LogP contribution in [0.25, 0.3) is 10.9 Å². The van der Waals surface area contributed by atoms with Crippen LogP contribution >= 0.6 is 0 Å². The van der Waals surface area contributed by atoms with Gasteiger partial charge in [-0.05, 0) is 30.3 Å². The molecule has 11 heteroatoms. The van der Waals surface area contributed by atoms with Crippen LogP contribution in [0.3, 0.4) is 0 Å². The van der Waals surface area contributed by atoms with E-state index in [0.29, 0.717) is 22.6 Å². The highest BCUT2D eigenvalue weighted by molar-refractivity contribution is 6.05. The van der Waals surface area contributed by atoms with Crippen molar-refractivity contribution in [2.24, 2.45) is 14.1 Å². The smallest absolute Gasteiger partial charge is 0.411 e. The van der Waals surface area contributed by atoms with Crippen LogP contribution in [-0.2, 0) is 18.8 Å². The lowest BCUT2D eigenvalue weighted by molar-refractivity contribution is 0.0955. The van der Waals surface area contributed by atoms with E-state index >= 15 is 0 Å². The van der Waals surface area contributed by atoms with E-state index in [1.165, 1.54) is 21.4 Å². The molecule has 3 heterocycles. The fraction of sp³-hybridized carbons (Fsp3) is 0.130. The first-order valence-electron chi connectivity index (χ1n) is 10.2. The molecule has 174 valence electrons. The third-order valence-electron chi connectivity index (χ3n) is 5.07. The number of anilines is 3. The molecule has 2 amide bonds. The van der Waals surface area contributed by atoms with Gasteiger partial charge >= 0.3 is 6.09 Å². The van der Waals surface area contributed by atoms with Crippen molar-refractivity contribution in [1.82, 2.24) is 18.7 Å². The average Bonchev–Trinajstić information content (AvgIpc) is 3.47. The molecule has 0 aliphatic heterocycles. The van der Waals surface area contributed by atoms with Crippen molar-refractivity contribution in [2.75, 3.05) is 23.0 Å². The zero-order chi connectivity index (χ0) is 24.4. The largest absolute Gasteiger partial charge is 0.445 e. The summed E-state index contributed by atoms with van der Waals surface area (Å²) in [5.41, 5.74) is 7.63. The van der Waals surface area contributed by atoms with Gasteiger partial charge in [0.2, 0.25) is 5.82 Å². The second kappa shape index (κ2) is 8.98. The van der Waals surface area contributed by atoms with Crippen molar-refractivity contribution < 1.29 is 19.1 Å². The first kappa shape index (κ1) is 22.4. The quantitative estimate of drug-likeness (QED) is 0.378. The molecule has 0 aliphatic rings. The van der Waals surface area contributed by atoms with Crippen molar-refractivity contribution in [1.29, 1.82) is 0 Å². The van der Waals surface area contributed by atoms with Gasteiger partial charge in [0.25, 0.3) is 11.8 Å². The van der Waals surface area contributed by atoms with Crippen LogP contribution in [-0.4, -0.2) is 43.2 Å². The highest BCUT2D eigenvalue weighted by Gasteiger charge is 2.19. The number of fused-ring (bicyclic) bond motifs is 1. The maximum atomic E-state index is 13.2. The third kappa shape index (κ3) is 4.39. The van der Waals surface area contributed by atoms with E-state index in [2.05, 4.69) is 22.2 Å². The number of nitrogens with one attached hydrogen (secondary N) is 2. The predicted octanol–water partition coefficient (Wildman–Crippen LogP) is 2.97. The Morgan fingerprint density at radius 2 is 1.88 bits per heavy atom. The number of nitrogen functional groups attached to an aromatic ring is 1. The fourth-order valence-corrected chi connectivity index (χ4v) is 3.54. The van der Waals surface area contributed by atoms with E-state index in [1.54, 1.807) is 61.4 Å². The van der Waals surface area contributed by atoms with Gasteiger partial charge in [0.05, 0.1) is 11.2 Å². The van der Waals surface area contributed by atoms with Crippen LogP contribution in [0.5, 0.6) is 0 Å². The number of hydrogen-bond acceptors (Lipinski definition) is 6. The minimum absolute atomic E-state index is 0.105. The molecule has 0 atom stereocenters. The predicted molar refractivity (Wildman–Crippen MR) is 128 cm³/mol. The van der Waals surface area contributed by atoms with Gasteiger partial charge in [-0.15, -0.1) is 0 Å². The number of carbonyl (C=O) groups excluding carboxylic acids is 3. The summed E-state index contributed by atoms with van der Waals surface area (Å²) in [4.78, 5) is 41.5. The third-order valence-corrected chi connectivity index (χ3v) is 5.07. The second-order valence-corrected chi connectivity index (χ2v) is 7.56. The maximum Gasteiger partial charge on any atom is 0.411 e. The maximum absolute atomic E-state index is 13.2. The normalized spacial score (nSPS) is 10.8. The van der Waals surface area contributed by atoms with Crippen LogP contribution < -0.4 is 16.4 Å². The fourth-order valence-electron chi connectivity index (χ4n) is 3.54. The minimum Gasteiger partial charge on any atom is -0.445 e. The van der Waals surface area contributed by atoms with Crippen LogP contribution in [0.4, 0.5) is 22.0 Å². The van der Waals surface area contributed by atoms with Gasteiger partial charge in [-0.1, -0.05) is 12.7 Å². The van der Waals surface area contributed by atoms with Gasteiger partial charge in [-0.25, -0.2) is 9.78 Å². The topological polar surface area (TPSA) is 138 Å². The lowest BCUT2D eigenvalue weighted by atomic mass is 10.2. The highest BCUT2D eigenvalue weighted by Crippen LogP contribution is 2.23. The lowest BCUT2D eigenvalue weighted by Gasteiger charge is -2.07. The summed E-state index contributed by atoms with van der Waals surface area (Å²) in [6.07, 6.45) is 5.70. The van der Waals surface area contributed by atoms with Crippen LogP contribution in [0.2, 0.25) is 0 Å². The summed E-state index contributed by atoms with van der Waals surface area (Å²) in [5, 5.41) is 6.11. The molecule has 0 bridgehead atoms. The summed E-state index contributed by atoms with van der Waals surface area (Å²) in [6.45, 7) is 3.60. The minimum atomic E-state index is -0.596. The summed E-state index contributed by atoms with van der Waals surface area (Å²) >= 11 is 0. The summed E-state index contributed by atoms with van der Waals surface area (Å²) in [6, 6.07) is 8.50. The van der Waals surface area contributed by atoms with E-state index in [9.17, 15) is 14.4 Å². The van der Waals surface area contributed by atoms with Gasteiger partial charge in [0.1, 0.15) is 18.1 Å². The molecule has 0 spiro atoms. The van der Waals surface area contributed by atoms with E-state index in [4.69, 9.17) is 10.5 Å². The number of nitrogens with two attached hydrogens (primary N) is 1. The SMILES string of the molecule is C=CCOC(=O)Nc1ccc2c(ccn2C(=O)c2cc(NC(=O)c3nc(N)cn3C)cn2C)c1. The van der Waals surface area contributed by atoms with Crippen molar-refractivity contribution >= 4 is 46.0 Å². The summed E-state index contributed by atoms with van der Waals surface area (Å²) in [5.74, 6) is -0.335. The number of rotatable bonds is 6. The molecule has 0 fully saturated rings. The molecule has 0 unspecified atom stereocenters. The number of aromatic nitrogens is 4. The van der Waals surface area contributed by atoms with E-state index in [-0.39, 0.29) is 24.2 Å². The summed E-state index contributed by atoms with van der Waals surface area (Å²) in [7, 11) is 3.38. The second-order valence-electron chi connectivity index (χ2n) is 7.56. The molecular weight excluding hydrogens is 438 g/mol. The lowest BCUT2D eigenvalue weighted by Crippen LogP contribution is -2.16. The van der Waals surface area contributed by atoms with Gasteiger partial charge in [-0.2, -0.15) is 0 Å². The Labute approximate surface area is 194 Å². The molecule has 11 nitrogen and oxygen atoms in total. The molecular formula is C23H23N7O4. The first-order chi connectivity index (χ1) is 16.3. The van der Waals surface area contributed by atoms with Crippen molar-refractivity contribution in [3.8, 4) is 0 Å². The van der Waals surface area contributed by atoms with Crippen LogP contribution in [0.1, 0.15) is 21.1 Å². The molecule has 0 radical (unpaired) electrons. The van der Waals surface area contributed by atoms with Gasteiger partial charge in [0.15, 0.2) is 0 Å². The average molecular weight is 461 g/mol. The van der Waals surface area contributed by atoms with Gasteiger partial charge < -0.3 is 24.9 Å². The number of hydrogen-bond donors (Lipinski definition) is 3. The van der Waals surface area contributed by atoms with Crippen molar-refractivity contribution in [2.45, 2.75) is 0 Å². The number of benzene rings is 1. The molecule has 4 rings (SSSR count). The Hall–Kier alpha value is -4.80. The zero-order valence-electron chi connectivity index (χ0n) is 18.6. The van der Waals surface area contributed by atoms with Gasteiger partial charge in [-0.3, -0.25) is 19.5 Å². The molecule has 1 aromatic carbocycles. The van der Waals surface area contributed by atoms with E-state index < -0.39 is 12.0 Å². The number of amides is 2. The number of nitrogens with zero attached hydrogens (tertiary/aromatic N) is 4. The molecule has 4 N–H and O–H groups in total. The molecule has 0 saturated carbocycles. The molecule has 34 heavy (non-hydrogen) atoms.